The summed E-state index contributed by atoms with van der Waals surface area (Å²) in [6.07, 6.45) is 0. The van der Waals surface area contributed by atoms with Gasteiger partial charge in [0.1, 0.15) is 0 Å². The van der Waals surface area contributed by atoms with Crippen LogP contribution in [0, 0.1) is 20.8 Å². The Hall–Kier alpha value is -2.35. The normalized spacial score (nSPS) is 8.46. The molecule has 0 saturated carbocycles. The van der Waals surface area contributed by atoms with Crippen LogP contribution in [0.1, 0.15) is 37.5 Å². The van der Waals surface area contributed by atoms with Crippen molar-refractivity contribution in [2.75, 3.05) is 19.6 Å². The first kappa shape index (κ1) is 39.8. The molecule has 0 atom stereocenters. The van der Waals surface area contributed by atoms with E-state index in [0.717, 1.165) is 19.6 Å². The molecule has 0 aromatic heterocycles. The average Bonchev–Trinajstić information content (AvgIpc) is 2.77. The van der Waals surface area contributed by atoms with E-state index in [2.05, 4.69) is 74.4 Å². The van der Waals surface area contributed by atoms with E-state index in [4.69, 9.17) is 19.2 Å². The van der Waals surface area contributed by atoms with Gasteiger partial charge >= 0.3 is 0 Å². The van der Waals surface area contributed by atoms with Crippen molar-refractivity contribution in [2.24, 2.45) is 0 Å². The monoisotopic (exact) mass is 509 g/mol. The molecule has 0 aliphatic rings. The van der Waals surface area contributed by atoms with Crippen molar-refractivity contribution in [2.45, 2.75) is 41.5 Å². The molecule has 0 heterocycles. The minimum atomic E-state index is -5.39. The summed E-state index contributed by atoms with van der Waals surface area (Å²) in [6.45, 7) is 15.3. The largest absolute Gasteiger partial charge is 0.822 e. The van der Waals surface area contributed by atoms with Crippen molar-refractivity contribution in [3.63, 3.8) is 0 Å². The highest BCUT2D eigenvalue weighted by Gasteiger charge is 1.73. The van der Waals surface area contributed by atoms with Crippen molar-refractivity contribution in [3.8, 4) is 0 Å². The first-order valence-corrected chi connectivity index (χ1v) is 13.0. The second-order valence-electron chi connectivity index (χ2n) is 6.91. The minimum absolute atomic E-state index is 1.00. The topological polar surface area (TPSA) is 169 Å². The summed E-state index contributed by atoms with van der Waals surface area (Å²) in [5.74, 6) is 0. The van der Waals surface area contributed by atoms with E-state index in [1.165, 1.54) is 16.7 Å². The van der Waals surface area contributed by atoms with Gasteiger partial charge in [-0.2, -0.15) is 7.82 Å². The zero-order valence-electron chi connectivity index (χ0n) is 22.5. The minimum Gasteiger partial charge on any atom is -0.822 e. The third-order valence-electron chi connectivity index (χ3n) is 2.82. The van der Waals surface area contributed by atoms with Crippen LogP contribution >= 0.6 is 7.82 Å². The Morgan fingerprint density at radius 3 is 0.686 bits per heavy atom. The Bertz CT molecular complexity index is 685. The van der Waals surface area contributed by atoms with Crippen LogP contribution < -0.4 is 31.9 Å². The Morgan fingerprint density at radius 2 is 0.629 bits per heavy atom. The lowest BCUT2D eigenvalue weighted by Gasteiger charge is -2.36. The third-order valence-corrected chi connectivity index (χ3v) is 2.82. The molecule has 9 N–H and O–H groups in total. The van der Waals surface area contributed by atoms with E-state index in [1.54, 1.807) is 0 Å². The molecule has 0 bridgehead atoms. The van der Waals surface area contributed by atoms with E-state index in [9.17, 15) is 0 Å². The maximum Gasteiger partial charge on any atom is 0.0711 e. The lowest BCUT2D eigenvalue weighted by Crippen LogP contribution is -2.48. The Kier molecular flexibility index (Phi) is 36.0. The summed E-state index contributed by atoms with van der Waals surface area (Å²) in [5.41, 5.74) is 14.4. The third kappa shape index (κ3) is 59.4. The van der Waals surface area contributed by atoms with Gasteiger partial charge in [0, 0.05) is 0 Å². The summed E-state index contributed by atoms with van der Waals surface area (Å²) in [7, 11) is -5.39. The van der Waals surface area contributed by atoms with Crippen LogP contribution in [0.15, 0.2) is 91.0 Å². The van der Waals surface area contributed by atoms with Gasteiger partial charge in [0.05, 0.1) is 19.6 Å². The van der Waals surface area contributed by atoms with Crippen LogP contribution in [0.5, 0.6) is 0 Å². The highest BCUT2D eigenvalue weighted by atomic mass is 31.2. The molecular weight excluding hydrogens is 461 g/mol. The number of phosphoric acid groups is 1. The molecule has 3 aromatic carbocycles. The molecule has 0 unspecified atom stereocenters. The van der Waals surface area contributed by atoms with Crippen molar-refractivity contribution < 1.29 is 36.4 Å². The predicted octanol–water partition coefficient (Wildman–Crippen LogP) is 0.905. The molecule has 0 spiro atoms. The maximum atomic E-state index is 8.55. The highest BCUT2D eigenvalue weighted by Crippen LogP contribution is 2.03. The highest BCUT2D eigenvalue weighted by molar-refractivity contribution is 7.40. The molecule has 0 fully saturated rings. The van der Waals surface area contributed by atoms with Gasteiger partial charge < -0.3 is 36.4 Å². The summed E-state index contributed by atoms with van der Waals surface area (Å²) < 4.78 is 8.55. The maximum absolute atomic E-state index is 8.55. The molecule has 0 radical (unpaired) electrons. The first-order valence-electron chi connectivity index (χ1n) is 11.6. The molecule has 200 valence electrons. The van der Waals surface area contributed by atoms with Crippen molar-refractivity contribution in [3.05, 3.63) is 108 Å². The van der Waals surface area contributed by atoms with Gasteiger partial charge in [0.15, 0.2) is 0 Å². The SMILES string of the molecule is CC[NH3+].CC[NH3+].CC[NH3+].Cc1ccccc1.Cc1ccccc1.Cc1ccccc1.O=P([O-])([O-])[O-]. The van der Waals surface area contributed by atoms with E-state index in [0.29, 0.717) is 0 Å². The van der Waals surface area contributed by atoms with Gasteiger partial charge in [-0.3, -0.25) is 0 Å². The van der Waals surface area contributed by atoms with Crippen LogP contribution in [0.4, 0.5) is 0 Å². The summed E-state index contributed by atoms with van der Waals surface area (Å²) in [6, 6.07) is 30.8. The molecule has 7 nitrogen and oxygen atoms in total. The van der Waals surface area contributed by atoms with E-state index in [-0.39, 0.29) is 0 Å². The van der Waals surface area contributed by atoms with Crippen molar-refractivity contribution in [1.82, 2.24) is 0 Å². The number of rotatable bonds is 0. The van der Waals surface area contributed by atoms with Crippen molar-refractivity contribution in [1.29, 1.82) is 0 Å². The fourth-order valence-electron chi connectivity index (χ4n) is 1.60. The fourth-order valence-corrected chi connectivity index (χ4v) is 1.60. The van der Waals surface area contributed by atoms with Gasteiger partial charge in [-0.1, -0.05) is 108 Å². The van der Waals surface area contributed by atoms with Gasteiger partial charge in [-0.25, -0.2) is 0 Å². The molecular formula is C27H48N3O4P. The predicted molar refractivity (Wildman–Crippen MR) is 141 cm³/mol. The smallest absolute Gasteiger partial charge is 0.0711 e. The van der Waals surface area contributed by atoms with Crippen LogP contribution in [-0.4, -0.2) is 19.6 Å². The summed E-state index contributed by atoms with van der Waals surface area (Å²) >= 11 is 0. The zero-order chi connectivity index (χ0) is 28.0. The lowest BCUT2D eigenvalue weighted by atomic mass is 10.2. The standard InChI is InChI=1S/3C7H8.3C2H7N.H3O4P/c3*1-7-5-3-2-4-6-7;3*1-2-3;1-5(2,3)4/h3*2-6H,1H3;3*2-3H2,1H3;(H3,1,2,3,4). The van der Waals surface area contributed by atoms with Gasteiger partial charge in [0.25, 0.3) is 0 Å². The number of quaternary nitrogens is 3. The molecule has 35 heavy (non-hydrogen) atoms. The van der Waals surface area contributed by atoms with E-state index >= 15 is 0 Å². The number of hydrogen-bond acceptors (Lipinski definition) is 4. The van der Waals surface area contributed by atoms with Crippen LogP contribution in [0.3, 0.4) is 0 Å². The Morgan fingerprint density at radius 1 is 0.514 bits per heavy atom. The number of benzene rings is 3. The zero-order valence-corrected chi connectivity index (χ0v) is 23.4. The van der Waals surface area contributed by atoms with Crippen LogP contribution in [0.2, 0.25) is 0 Å². The quantitative estimate of drug-likeness (QED) is 0.383. The second kappa shape index (κ2) is 31.6. The van der Waals surface area contributed by atoms with Gasteiger partial charge in [-0.15, -0.1) is 0 Å². The van der Waals surface area contributed by atoms with Gasteiger partial charge in [0.2, 0.25) is 0 Å². The Labute approximate surface area is 213 Å². The van der Waals surface area contributed by atoms with Crippen LogP contribution in [-0.2, 0) is 4.57 Å². The van der Waals surface area contributed by atoms with Gasteiger partial charge in [-0.05, 0) is 41.5 Å². The van der Waals surface area contributed by atoms with Crippen molar-refractivity contribution >= 4 is 7.82 Å². The molecule has 8 heteroatoms. The molecule has 0 aliphatic carbocycles. The average molecular weight is 510 g/mol. The van der Waals surface area contributed by atoms with Crippen LogP contribution in [0.25, 0.3) is 0 Å². The molecule has 3 aromatic rings. The molecule has 0 saturated heterocycles. The van der Waals surface area contributed by atoms with E-state index in [1.807, 2.05) is 75.4 Å². The number of hydrogen-bond donors (Lipinski definition) is 3. The first-order chi connectivity index (χ1) is 16.4. The fraction of sp³-hybridized carbons (Fsp3) is 0.333. The Balaban J connectivity index is -0.000000166. The second-order valence-corrected chi connectivity index (χ2v) is 7.81. The summed E-state index contributed by atoms with van der Waals surface area (Å²) in [4.78, 5) is 25.6. The number of aryl methyl sites for hydroxylation is 3. The lowest BCUT2D eigenvalue weighted by molar-refractivity contribution is -0.432. The molecule has 0 amide bonds. The molecule has 0 aliphatic heterocycles. The summed E-state index contributed by atoms with van der Waals surface area (Å²) in [5, 5.41) is 0. The van der Waals surface area contributed by atoms with E-state index < -0.39 is 7.82 Å². The molecule has 3 rings (SSSR count).